The topological polar surface area (TPSA) is 61.4 Å². The van der Waals surface area contributed by atoms with E-state index in [1.165, 1.54) is 16.1 Å². The van der Waals surface area contributed by atoms with Crippen molar-refractivity contribution in [2.45, 2.75) is 72.9 Å². The molecule has 0 aliphatic carbocycles. The van der Waals surface area contributed by atoms with Crippen molar-refractivity contribution >= 4 is 23.6 Å². The van der Waals surface area contributed by atoms with Gasteiger partial charge >= 0.3 is 0 Å². The largest absolute Gasteiger partial charge is 0.350 e. The first kappa shape index (κ1) is 28.2. The molecule has 0 aromatic heterocycles. The predicted molar refractivity (Wildman–Crippen MR) is 139 cm³/mol. The summed E-state index contributed by atoms with van der Waals surface area (Å²) in [6, 6.07) is -0.736. The maximum atomic E-state index is 13.1. The Morgan fingerprint density at radius 2 is 1.91 bits per heavy atom. The predicted octanol–water partition coefficient (Wildman–Crippen LogP) is 4.83. The average Bonchev–Trinajstić information content (AvgIpc) is 3.21. The molecule has 1 saturated heterocycles. The van der Waals surface area contributed by atoms with Gasteiger partial charge in [0.25, 0.3) is 0 Å². The maximum absolute atomic E-state index is 13.1. The number of rotatable bonds is 10. The highest BCUT2D eigenvalue weighted by Gasteiger charge is 2.40. The second-order valence-electron chi connectivity index (χ2n) is 9.52. The van der Waals surface area contributed by atoms with E-state index in [1.807, 2.05) is 26.8 Å². The van der Waals surface area contributed by atoms with Gasteiger partial charge in [-0.25, -0.2) is 0 Å². The lowest BCUT2D eigenvalue weighted by Gasteiger charge is -2.34. The van der Waals surface area contributed by atoms with Crippen LogP contribution in [0, 0.1) is 5.41 Å². The molecule has 32 heavy (non-hydrogen) atoms. The molecular formula is C26H43N3O2S. The van der Waals surface area contributed by atoms with Gasteiger partial charge in [-0.15, -0.1) is 11.8 Å². The second kappa shape index (κ2) is 13.0. The zero-order valence-electron chi connectivity index (χ0n) is 21.3. The van der Waals surface area contributed by atoms with E-state index in [1.54, 1.807) is 29.8 Å². The monoisotopic (exact) mass is 461 g/mol. The van der Waals surface area contributed by atoms with E-state index in [2.05, 4.69) is 50.3 Å². The molecule has 2 N–H and O–H groups in total. The molecule has 180 valence electrons. The van der Waals surface area contributed by atoms with Crippen molar-refractivity contribution in [1.82, 2.24) is 15.5 Å². The Balaban J connectivity index is 2.91. The van der Waals surface area contributed by atoms with E-state index in [9.17, 15) is 9.59 Å². The molecule has 5 nitrogen and oxygen atoms in total. The summed E-state index contributed by atoms with van der Waals surface area (Å²) in [6.45, 7) is 17.4. The van der Waals surface area contributed by atoms with Crippen molar-refractivity contribution in [3.8, 4) is 0 Å². The fourth-order valence-electron chi connectivity index (χ4n) is 4.12. The molecule has 0 bridgehead atoms. The Morgan fingerprint density at radius 3 is 2.38 bits per heavy atom. The molecule has 1 aliphatic heterocycles. The summed E-state index contributed by atoms with van der Waals surface area (Å²) < 4.78 is 0. The van der Waals surface area contributed by atoms with Crippen LogP contribution in [0.25, 0.3) is 0 Å². The minimum absolute atomic E-state index is 0.000949. The van der Waals surface area contributed by atoms with E-state index < -0.39 is 6.04 Å². The first-order chi connectivity index (χ1) is 15.0. The van der Waals surface area contributed by atoms with Crippen molar-refractivity contribution in [2.75, 3.05) is 26.4 Å². The van der Waals surface area contributed by atoms with Gasteiger partial charge in [-0.2, -0.15) is 0 Å². The van der Waals surface area contributed by atoms with Crippen molar-refractivity contribution in [2.24, 2.45) is 5.41 Å². The molecule has 0 spiro atoms. The van der Waals surface area contributed by atoms with Gasteiger partial charge < -0.3 is 15.5 Å². The van der Waals surface area contributed by atoms with Crippen LogP contribution in [0.3, 0.4) is 0 Å². The number of likely N-dealkylation sites (N-methyl/N-ethyl adjacent to an activating group) is 1. The lowest BCUT2D eigenvalue weighted by Crippen LogP contribution is -2.55. The molecule has 1 heterocycles. The third-order valence-corrected chi connectivity index (χ3v) is 6.88. The van der Waals surface area contributed by atoms with Crippen LogP contribution in [0.15, 0.2) is 46.4 Å². The first-order valence-electron chi connectivity index (χ1n) is 11.5. The van der Waals surface area contributed by atoms with Gasteiger partial charge in [-0.05, 0) is 63.0 Å². The lowest BCUT2D eigenvalue weighted by molar-refractivity contribution is -0.141. The maximum Gasteiger partial charge on any atom is 0.243 e. The van der Waals surface area contributed by atoms with E-state index in [0.29, 0.717) is 19.5 Å². The molecule has 1 fully saturated rings. The van der Waals surface area contributed by atoms with Gasteiger partial charge in [-0.1, -0.05) is 58.1 Å². The molecule has 1 rings (SSSR count). The molecular weight excluding hydrogens is 418 g/mol. The van der Waals surface area contributed by atoms with Crippen LogP contribution in [0.5, 0.6) is 0 Å². The summed E-state index contributed by atoms with van der Waals surface area (Å²) in [5.74, 6) is -0.0971. The molecule has 2 atom stereocenters. The zero-order chi connectivity index (χ0) is 24.5. The number of hydrogen-bond acceptors (Lipinski definition) is 4. The second-order valence-corrected chi connectivity index (χ2v) is 10.3. The summed E-state index contributed by atoms with van der Waals surface area (Å²) in [4.78, 5) is 29.1. The SMILES string of the molecule is C=C/C(=C\C=C(/CC)C(SC)=C(C)C)CNC(=O)C1CCCN1C(=O)C(NC)C(C)(C)C. The highest BCUT2D eigenvalue weighted by Crippen LogP contribution is 2.28. The fourth-order valence-corrected chi connectivity index (χ4v) is 5.00. The van der Waals surface area contributed by atoms with Crippen LogP contribution in [0.1, 0.15) is 60.8 Å². The third-order valence-electron chi connectivity index (χ3n) is 5.80. The smallest absolute Gasteiger partial charge is 0.243 e. The summed E-state index contributed by atoms with van der Waals surface area (Å²) in [6.07, 6.45) is 10.5. The van der Waals surface area contributed by atoms with Gasteiger partial charge in [0.1, 0.15) is 6.04 Å². The molecule has 2 amide bonds. The number of likely N-dealkylation sites (tertiary alicyclic amines) is 1. The number of nitrogens with zero attached hydrogens (tertiary/aromatic N) is 1. The lowest BCUT2D eigenvalue weighted by atomic mass is 9.86. The zero-order valence-corrected chi connectivity index (χ0v) is 22.1. The van der Waals surface area contributed by atoms with Crippen LogP contribution in [-0.4, -0.2) is 55.2 Å². The summed E-state index contributed by atoms with van der Waals surface area (Å²) in [5, 5.41) is 6.16. The van der Waals surface area contributed by atoms with Crippen LogP contribution in [0.4, 0.5) is 0 Å². The molecule has 0 aromatic rings. The van der Waals surface area contributed by atoms with Crippen molar-refractivity contribution in [3.63, 3.8) is 0 Å². The van der Waals surface area contributed by atoms with Crippen LogP contribution < -0.4 is 10.6 Å². The minimum atomic E-state index is -0.415. The fraction of sp³-hybridized carbons (Fsp3) is 0.615. The van der Waals surface area contributed by atoms with Gasteiger partial charge in [0.05, 0.1) is 6.04 Å². The number of hydrogen-bond donors (Lipinski definition) is 2. The Bertz CT molecular complexity index is 770. The van der Waals surface area contributed by atoms with E-state index in [0.717, 1.165) is 18.4 Å². The van der Waals surface area contributed by atoms with Crippen LogP contribution in [0.2, 0.25) is 0 Å². The molecule has 0 radical (unpaired) electrons. The van der Waals surface area contributed by atoms with E-state index in [4.69, 9.17) is 0 Å². The van der Waals surface area contributed by atoms with E-state index in [-0.39, 0.29) is 23.3 Å². The Hall–Kier alpha value is -1.79. The van der Waals surface area contributed by atoms with Crippen molar-refractivity contribution in [1.29, 1.82) is 0 Å². The molecule has 0 aromatic carbocycles. The third kappa shape index (κ3) is 7.66. The van der Waals surface area contributed by atoms with Crippen LogP contribution >= 0.6 is 11.8 Å². The van der Waals surface area contributed by atoms with Crippen molar-refractivity contribution in [3.05, 3.63) is 46.4 Å². The van der Waals surface area contributed by atoms with Crippen LogP contribution in [-0.2, 0) is 9.59 Å². The number of carbonyl (C=O) groups excluding carboxylic acids is 2. The Morgan fingerprint density at radius 1 is 1.25 bits per heavy atom. The highest BCUT2D eigenvalue weighted by atomic mass is 32.2. The Kier molecular flexibility index (Phi) is 11.5. The molecule has 0 saturated carbocycles. The van der Waals surface area contributed by atoms with Gasteiger partial charge in [0.2, 0.25) is 11.8 Å². The van der Waals surface area contributed by atoms with Gasteiger partial charge in [0.15, 0.2) is 0 Å². The summed E-state index contributed by atoms with van der Waals surface area (Å²) in [5.41, 5.74) is 3.29. The number of carbonyl (C=O) groups is 2. The number of amides is 2. The molecule has 2 unspecified atom stereocenters. The standard InChI is InChI=1S/C26H43N3O2S/c1-10-19(14-15-20(11-2)22(32-9)18(3)4)17-28-24(30)21-13-12-16-29(21)25(31)23(27-8)26(5,6)7/h10,14-15,21,23,27H,1,11-13,16-17H2,2-9H3,(H,28,30)/b19-14+,20-15+. The van der Waals surface area contributed by atoms with E-state index >= 15 is 0 Å². The normalized spacial score (nSPS) is 18.4. The number of nitrogens with one attached hydrogen (secondary N) is 2. The van der Waals surface area contributed by atoms with Gasteiger partial charge in [0, 0.05) is 18.0 Å². The highest BCUT2D eigenvalue weighted by molar-refractivity contribution is 8.02. The quantitative estimate of drug-likeness (QED) is 0.457. The summed E-state index contributed by atoms with van der Waals surface area (Å²) in [7, 11) is 1.80. The minimum Gasteiger partial charge on any atom is -0.350 e. The molecule has 6 heteroatoms. The first-order valence-corrected chi connectivity index (χ1v) is 12.7. The average molecular weight is 462 g/mol. The number of thioether (sulfide) groups is 1. The summed E-state index contributed by atoms with van der Waals surface area (Å²) >= 11 is 1.76. The van der Waals surface area contributed by atoms with Gasteiger partial charge in [-0.3, -0.25) is 9.59 Å². The van der Waals surface area contributed by atoms with Crippen molar-refractivity contribution < 1.29 is 9.59 Å². The number of allylic oxidation sites excluding steroid dienone is 4. The Labute approximate surface area is 199 Å². The molecule has 1 aliphatic rings.